The molecule has 2 heterocycles. The molecule has 3 aromatic rings. The molecule has 0 bridgehead atoms. The number of anilines is 1. The third-order valence-electron chi connectivity index (χ3n) is 2.59. The lowest BCUT2D eigenvalue weighted by atomic mass is 10.2. The molecule has 0 radical (unpaired) electrons. The molecule has 1 aromatic carbocycles. The van der Waals surface area contributed by atoms with E-state index in [1.54, 1.807) is 18.2 Å². The summed E-state index contributed by atoms with van der Waals surface area (Å²) in [4.78, 5) is 12.4. The minimum atomic E-state index is -0.431. The van der Waals surface area contributed by atoms with Crippen molar-refractivity contribution in [1.29, 1.82) is 0 Å². The quantitative estimate of drug-likeness (QED) is 0.711. The highest BCUT2D eigenvalue weighted by molar-refractivity contribution is 9.10. The van der Waals surface area contributed by atoms with E-state index in [-0.39, 0.29) is 23.1 Å². The van der Waals surface area contributed by atoms with E-state index in [1.807, 2.05) is 6.26 Å². The van der Waals surface area contributed by atoms with E-state index < -0.39 is 5.82 Å². The number of hydrogen-bond acceptors (Lipinski definition) is 6. The molecule has 0 fully saturated rings. The van der Waals surface area contributed by atoms with Crippen molar-refractivity contribution in [2.24, 2.45) is 0 Å². The van der Waals surface area contributed by atoms with Crippen LogP contribution in [-0.2, 0) is 0 Å². The second-order valence-electron chi connectivity index (χ2n) is 3.82. The van der Waals surface area contributed by atoms with E-state index in [4.69, 9.17) is 5.73 Å². The number of benzene rings is 1. The van der Waals surface area contributed by atoms with Crippen molar-refractivity contribution in [3.05, 3.63) is 28.5 Å². The SMILES string of the molecule is CSc1nc(N)n2nc(-c3cccc(Br)c3F)nc2n1. The van der Waals surface area contributed by atoms with Crippen LogP contribution in [0.25, 0.3) is 17.2 Å². The Hall–Kier alpha value is -1.74. The van der Waals surface area contributed by atoms with Crippen molar-refractivity contribution in [1.82, 2.24) is 24.6 Å². The highest BCUT2D eigenvalue weighted by atomic mass is 79.9. The third-order valence-corrected chi connectivity index (χ3v) is 3.75. The molecule has 2 N–H and O–H groups in total. The summed E-state index contributed by atoms with van der Waals surface area (Å²) in [6, 6.07) is 4.90. The van der Waals surface area contributed by atoms with Gasteiger partial charge in [0, 0.05) is 0 Å². The molecule has 0 saturated carbocycles. The molecule has 9 heteroatoms. The van der Waals surface area contributed by atoms with Gasteiger partial charge in [0.1, 0.15) is 5.82 Å². The molecule has 102 valence electrons. The Morgan fingerprint density at radius 2 is 2.10 bits per heavy atom. The fraction of sp³-hybridized carbons (Fsp3) is 0.0909. The number of fused-ring (bicyclic) bond motifs is 1. The smallest absolute Gasteiger partial charge is 0.258 e. The average molecular weight is 355 g/mol. The lowest BCUT2D eigenvalue weighted by molar-refractivity contribution is 0.623. The molecular formula is C11H8BrFN6S. The normalized spacial score (nSPS) is 11.2. The summed E-state index contributed by atoms with van der Waals surface area (Å²) < 4.78 is 15.7. The summed E-state index contributed by atoms with van der Waals surface area (Å²) in [6.07, 6.45) is 1.83. The Kier molecular flexibility index (Phi) is 3.30. The van der Waals surface area contributed by atoms with Crippen LogP contribution in [0.5, 0.6) is 0 Å². The Morgan fingerprint density at radius 3 is 2.85 bits per heavy atom. The molecule has 0 aliphatic heterocycles. The highest BCUT2D eigenvalue weighted by Gasteiger charge is 2.16. The molecule has 0 unspecified atom stereocenters. The topological polar surface area (TPSA) is 82.0 Å². The first kappa shape index (κ1) is 13.3. The number of nitrogens with two attached hydrogens (primary N) is 1. The number of nitrogen functional groups attached to an aromatic ring is 1. The molecular weight excluding hydrogens is 347 g/mol. The maximum atomic E-state index is 14.1. The fourth-order valence-corrected chi connectivity index (χ4v) is 2.39. The van der Waals surface area contributed by atoms with E-state index in [0.29, 0.717) is 9.63 Å². The Bertz CT molecular complexity index is 805. The first-order valence-electron chi connectivity index (χ1n) is 5.49. The largest absolute Gasteiger partial charge is 0.368 e. The molecule has 20 heavy (non-hydrogen) atoms. The van der Waals surface area contributed by atoms with Crippen LogP contribution < -0.4 is 5.73 Å². The molecule has 6 nitrogen and oxygen atoms in total. The van der Waals surface area contributed by atoms with Gasteiger partial charge in [-0.25, -0.2) is 4.39 Å². The third kappa shape index (κ3) is 2.12. The summed E-state index contributed by atoms with van der Waals surface area (Å²) in [7, 11) is 0. The van der Waals surface area contributed by atoms with Gasteiger partial charge < -0.3 is 5.73 Å². The predicted molar refractivity (Wildman–Crippen MR) is 77.9 cm³/mol. The zero-order chi connectivity index (χ0) is 14.3. The summed E-state index contributed by atoms with van der Waals surface area (Å²) in [5.74, 6) is 0.229. The minimum absolute atomic E-state index is 0.161. The summed E-state index contributed by atoms with van der Waals surface area (Å²) >= 11 is 4.47. The van der Waals surface area contributed by atoms with Gasteiger partial charge in [-0.15, -0.1) is 5.10 Å². The van der Waals surface area contributed by atoms with Crippen LogP contribution in [0.2, 0.25) is 0 Å². The van der Waals surface area contributed by atoms with Gasteiger partial charge in [0.15, 0.2) is 11.0 Å². The minimum Gasteiger partial charge on any atom is -0.368 e. The molecule has 2 aromatic heterocycles. The molecule has 3 rings (SSSR count). The van der Waals surface area contributed by atoms with Crippen molar-refractivity contribution >= 4 is 39.4 Å². The lowest BCUT2D eigenvalue weighted by Crippen LogP contribution is -2.04. The number of halogens is 2. The number of thioether (sulfide) groups is 1. The van der Waals surface area contributed by atoms with Crippen molar-refractivity contribution in [2.75, 3.05) is 12.0 Å². The zero-order valence-electron chi connectivity index (χ0n) is 10.2. The first-order valence-corrected chi connectivity index (χ1v) is 7.50. The van der Waals surface area contributed by atoms with Gasteiger partial charge in [0.25, 0.3) is 5.78 Å². The van der Waals surface area contributed by atoms with Crippen LogP contribution in [0.3, 0.4) is 0 Å². The van der Waals surface area contributed by atoms with Gasteiger partial charge in [0.2, 0.25) is 5.95 Å². The van der Waals surface area contributed by atoms with Crippen molar-refractivity contribution in [2.45, 2.75) is 5.16 Å². The number of rotatable bonds is 2. The number of aromatic nitrogens is 5. The van der Waals surface area contributed by atoms with Gasteiger partial charge >= 0.3 is 0 Å². The van der Waals surface area contributed by atoms with Gasteiger partial charge in [-0.05, 0) is 34.3 Å². The standard InChI is InChI=1S/C11H8BrFN6S/c1-20-11-16-9(14)19-10(17-11)15-8(18-19)5-3-2-4-6(12)7(5)13/h2-4H,1H3,(H2,14,15,16,17,18). The molecule has 0 amide bonds. The van der Waals surface area contributed by atoms with Crippen LogP contribution >= 0.6 is 27.7 Å². The molecule has 0 atom stereocenters. The molecule has 0 spiro atoms. The van der Waals surface area contributed by atoms with Crippen molar-refractivity contribution < 1.29 is 4.39 Å². The molecule has 0 saturated heterocycles. The van der Waals surface area contributed by atoms with Gasteiger partial charge in [-0.2, -0.15) is 19.5 Å². The van der Waals surface area contributed by atoms with Crippen LogP contribution in [0.1, 0.15) is 0 Å². The fourth-order valence-electron chi connectivity index (χ4n) is 1.67. The Labute approximate surface area is 125 Å². The monoisotopic (exact) mass is 354 g/mol. The average Bonchev–Trinajstić information content (AvgIpc) is 2.86. The van der Waals surface area contributed by atoms with E-state index in [9.17, 15) is 4.39 Å². The second-order valence-corrected chi connectivity index (χ2v) is 5.44. The van der Waals surface area contributed by atoms with Crippen molar-refractivity contribution in [3.63, 3.8) is 0 Å². The summed E-state index contributed by atoms with van der Waals surface area (Å²) in [5.41, 5.74) is 6.06. The second kappa shape index (κ2) is 4.98. The van der Waals surface area contributed by atoms with Crippen LogP contribution in [0.15, 0.2) is 27.8 Å². The van der Waals surface area contributed by atoms with E-state index in [2.05, 4.69) is 36.0 Å². The van der Waals surface area contributed by atoms with E-state index in [0.717, 1.165) is 0 Å². The van der Waals surface area contributed by atoms with E-state index in [1.165, 1.54) is 16.3 Å². The predicted octanol–water partition coefficient (Wildman–Crippen LogP) is 2.39. The van der Waals surface area contributed by atoms with Crippen LogP contribution in [0.4, 0.5) is 10.3 Å². The Morgan fingerprint density at radius 1 is 1.30 bits per heavy atom. The zero-order valence-corrected chi connectivity index (χ0v) is 12.6. The van der Waals surface area contributed by atoms with E-state index >= 15 is 0 Å². The van der Waals surface area contributed by atoms with Crippen LogP contribution in [-0.4, -0.2) is 30.8 Å². The summed E-state index contributed by atoms with van der Waals surface area (Å²) in [5, 5.41) is 4.63. The molecule has 0 aliphatic carbocycles. The van der Waals surface area contributed by atoms with Crippen molar-refractivity contribution in [3.8, 4) is 11.4 Å². The number of nitrogens with zero attached hydrogens (tertiary/aromatic N) is 5. The first-order chi connectivity index (χ1) is 9.60. The Balaban J connectivity index is 2.23. The maximum absolute atomic E-state index is 14.1. The maximum Gasteiger partial charge on any atom is 0.258 e. The van der Waals surface area contributed by atoms with Gasteiger partial charge in [-0.1, -0.05) is 17.8 Å². The molecule has 0 aliphatic rings. The number of hydrogen-bond donors (Lipinski definition) is 1. The highest BCUT2D eigenvalue weighted by Crippen LogP contribution is 2.26. The van der Waals surface area contributed by atoms with Gasteiger partial charge in [0.05, 0.1) is 10.0 Å². The lowest BCUT2D eigenvalue weighted by Gasteiger charge is -1.99. The van der Waals surface area contributed by atoms with Gasteiger partial charge in [-0.3, -0.25) is 0 Å². The van der Waals surface area contributed by atoms with Crippen LogP contribution in [0, 0.1) is 5.82 Å². The summed E-state index contributed by atoms with van der Waals surface area (Å²) in [6.45, 7) is 0.